The van der Waals surface area contributed by atoms with Crippen molar-refractivity contribution in [2.24, 2.45) is 0 Å². The Morgan fingerprint density at radius 1 is 1.04 bits per heavy atom. The molecule has 3 nitrogen and oxygen atoms in total. The number of hydrogen-bond donors (Lipinski definition) is 0. The average Bonchev–Trinajstić information content (AvgIpc) is 2.77. The van der Waals surface area contributed by atoms with Crippen molar-refractivity contribution in [2.75, 3.05) is 6.54 Å². The summed E-state index contributed by atoms with van der Waals surface area (Å²) < 4.78 is 6.00. The Bertz CT molecular complexity index is 966. The van der Waals surface area contributed by atoms with E-state index in [-0.39, 0.29) is 11.8 Å². The van der Waals surface area contributed by atoms with Crippen LogP contribution in [0.5, 0.6) is 5.75 Å². The fourth-order valence-electron chi connectivity index (χ4n) is 3.75. The summed E-state index contributed by atoms with van der Waals surface area (Å²) in [6.45, 7) is 5.41. The minimum absolute atomic E-state index is 0.0396. The quantitative estimate of drug-likeness (QED) is 0.597. The van der Waals surface area contributed by atoms with E-state index in [0.717, 1.165) is 16.9 Å². The van der Waals surface area contributed by atoms with Crippen LogP contribution in [-0.4, -0.2) is 17.4 Å². The molecule has 1 heterocycles. The minimum Gasteiger partial charge on any atom is -0.489 e. The number of rotatable bonds is 5. The second-order valence-corrected chi connectivity index (χ2v) is 7.02. The highest BCUT2D eigenvalue weighted by molar-refractivity contribution is 5.87. The predicted molar refractivity (Wildman–Crippen MR) is 111 cm³/mol. The Morgan fingerprint density at radius 2 is 1.75 bits per heavy atom. The van der Waals surface area contributed by atoms with E-state index in [1.165, 1.54) is 17.2 Å². The number of ether oxygens (including phenoxy) is 1. The fraction of sp³-hybridized carbons (Fsp3) is 0.160. The molecule has 28 heavy (non-hydrogen) atoms. The maximum Gasteiger partial charge on any atom is 0.246 e. The molecule has 0 aromatic heterocycles. The largest absolute Gasteiger partial charge is 0.489 e. The van der Waals surface area contributed by atoms with Crippen molar-refractivity contribution in [1.82, 2.24) is 4.90 Å². The third-order valence-corrected chi connectivity index (χ3v) is 5.19. The first-order valence-electron chi connectivity index (χ1n) is 9.50. The van der Waals surface area contributed by atoms with Crippen LogP contribution in [0.25, 0.3) is 0 Å². The molecule has 0 fully saturated rings. The lowest BCUT2D eigenvalue weighted by atomic mass is 9.84. The summed E-state index contributed by atoms with van der Waals surface area (Å²) in [5.41, 5.74) is 4.72. The van der Waals surface area contributed by atoms with Crippen molar-refractivity contribution in [1.29, 1.82) is 0 Å². The lowest BCUT2D eigenvalue weighted by Gasteiger charge is -2.34. The molecular formula is C25H23NO2. The van der Waals surface area contributed by atoms with E-state index >= 15 is 0 Å². The number of carbonyl (C=O) groups is 1. The molecule has 0 spiro atoms. The smallest absolute Gasteiger partial charge is 0.246 e. The maximum absolute atomic E-state index is 12.3. The standard InChI is InChI=1S/C25H23NO2/c1-2-25(27)26-16-21-15-22(28-18-19-9-5-3-6-10-19)13-14-23(21)24(17-26)20-11-7-4-8-12-20/h2-15,24H,1,16-18H2/t24-/m0/s1. The van der Waals surface area contributed by atoms with E-state index < -0.39 is 0 Å². The third-order valence-electron chi connectivity index (χ3n) is 5.19. The van der Waals surface area contributed by atoms with Gasteiger partial charge in [-0.05, 0) is 40.5 Å². The lowest BCUT2D eigenvalue weighted by Crippen LogP contribution is -2.37. The molecule has 3 aromatic carbocycles. The number of hydrogen-bond acceptors (Lipinski definition) is 2. The van der Waals surface area contributed by atoms with Crippen molar-refractivity contribution in [3.8, 4) is 5.75 Å². The highest BCUT2D eigenvalue weighted by Gasteiger charge is 2.28. The number of fused-ring (bicyclic) bond motifs is 1. The Balaban J connectivity index is 1.63. The van der Waals surface area contributed by atoms with Gasteiger partial charge < -0.3 is 9.64 Å². The number of carbonyl (C=O) groups excluding carboxylic acids is 1. The molecule has 3 aromatic rings. The first kappa shape index (κ1) is 18.1. The molecule has 0 N–H and O–H groups in total. The molecule has 1 amide bonds. The van der Waals surface area contributed by atoms with Crippen LogP contribution in [0.15, 0.2) is 91.5 Å². The first-order valence-corrected chi connectivity index (χ1v) is 9.50. The number of benzene rings is 3. The van der Waals surface area contributed by atoms with Gasteiger partial charge in [-0.2, -0.15) is 0 Å². The normalized spacial score (nSPS) is 15.6. The summed E-state index contributed by atoms with van der Waals surface area (Å²) >= 11 is 0. The fourth-order valence-corrected chi connectivity index (χ4v) is 3.75. The second kappa shape index (κ2) is 8.13. The Labute approximate surface area is 165 Å². The van der Waals surface area contributed by atoms with Crippen LogP contribution in [0.4, 0.5) is 0 Å². The van der Waals surface area contributed by atoms with Crippen LogP contribution >= 0.6 is 0 Å². The molecule has 0 aliphatic carbocycles. The van der Waals surface area contributed by atoms with Crippen molar-refractivity contribution >= 4 is 5.91 Å². The van der Waals surface area contributed by atoms with Gasteiger partial charge in [0.05, 0.1) is 0 Å². The average molecular weight is 369 g/mol. The van der Waals surface area contributed by atoms with E-state index in [1.54, 1.807) is 0 Å². The van der Waals surface area contributed by atoms with Gasteiger partial charge >= 0.3 is 0 Å². The van der Waals surface area contributed by atoms with Gasteiger partial charge in [-0.1, -0.05) is 73.3 Å². The molecule has 140 valence electrons. The van der Waals surface area contributed by atoms with Crippen LogP contribution < -0.4 is 4.74 Å². The first-order chi connectivity index (χ1) is 13.7. The molecule has 0 saturated carbocycles. The topological polar surface area (TPSA) is 29.5 Å². The van der Waals surface area contributed by atoms with E-state index in [9.17, 15) is 4.79 Å². The van der Waals surface area contributed by atoms with Crippen LogP contribution in [0, 0.1) is 0 Å². The molecule has 1 aliphatic heterocycles. The highest BCUT2D eigenvalue weighted by atomic mass is 16.5. The Kier molecular flexibility index (Phi) is 5.24. The highest BCUT2D eigenvalue weighted by Crippen LogP contribution is 2.35. The van der Waals surface area contributed by atoms with E-state index in [2.05, 4.69) is 30.8 Å². The van der Waals surface area contributed by atoms with E-state index in [0.29, 0.717) is 19.7 Å². The summed E-state index contributed by atoms with van der Waals surface area (Å²) in [6, 6.07) is 26.7. The van der Waals surface area contributed by atoms with Gasteiger partial charge in [-0.25, -0.2) is 0 Å². The molecule has 0 radical (unpaired) electrons. The monoisotopic (exact) mass is 369 g/mol. The van der Waals surface area contributed by atoms with Gasteiger partial charge in [-0.15, -0.1) is 0 Å². The van der Waals surface area contributed by atoms with Crippen molar-refractivity contribution in [3.05, 3.63) is 114 Å². The Morgan fingerprint density at radius 3 is 2.46 bits per heavy atom. The molecule has 0 bridgehead atoms. The van der Waals surface area contributed by atoms with Crippen LogP contribution in [0.3, 0.4) is 0 Å². The molecule has 0 unspecified atom stereocenters. The van der Waals surface area contributed by atoms with Crippen LogP contribution in [0.2, 0.25) is 0 Å². The molecule has 3 heteroatoms. The zero-order chi connectivity index (χ0) is 19.3. The zero-order valence-corrected chi connectivity index (χ0v) is 15.8. The minimum atomic E-state index is -0.0396. The van der Waals surface area contributed by atoms with Gasteiger partial charge in [0.15, 0.2) is 0 Å². The molecule has 1 atom stereocenters. The van der Waals surface area contributed by atoms with Gasteiger partial charge in [0.25, 0.3) is 0 Å². The predicted octanol–water partition coefficient (Wildman–Crippen LogP) is 4.93. The van der Waals surface area contributed by atoms with Gasteiger partial charge in [0.1, 0.15) is 12.4 Å². The number of amides is 1. The zero-order valence-electron chi connectivity index (χ0n) is 15.8. The molecule has 1 aliphatic rings. The summed E-state index contributed by atoms with van der Waals surface area (Å²) in [4.78, 5) is 14.2. The summed E-state index contributed by atoms with van der Waals surface area (Å²) in [5.74, 6) is 0.932. The second-order valence-electron chi connectivity index (χ2n) is 7.02. The molecule has 4 rings (SSSR count). The maximum atomic E-state index is 12.3. The van der Waals surface area contributed by atoms with Crippen molar-refractivity contribution in [2.45, 2.75) is 19.1 Å². The number of nitrogens with zero attached hydrogens (tertiary/aromatic N) is 1. The summed E-state index contributed by atoms with van der Waals surface area (Å²) in [5, 5.41) is 0. The van der Waals surface area contributed by atoms with Crippen molar-refractivity contribution in [3.63, 3.8) is 0 Å². The van der Waals surface area contributed by atoms with Gasteiger partial charge in [0, 0.05) is 19.0 Å². The molecule has 0 saturated heterocycles. The van der Waals surface area contributed by atoms with E-state index in [4.69, 9.17) is 4.74 Å². The lowest BCUT2D eigenvalue weighted by molar-refractivity contribution is -0.127. The Hall–Kier alpha value is -3.33. The third kappa shape index (κ3) is 3.84. The van der Waals surface area contributed by atoms with Gasteiger partial charge in [-0.3, -0.25) is 4.79 Å². The van der Waals surface area contributed by atoms with Crippen LogP contribution in [-0.2, 0) is 17.9 Å². The molecular weight excluding hydrogens is 346 g/mol. The van der Waals surface area contributed by atoms with Crippen LogP contribution in [0.1, 0.15) is 28.2 Å². The van der Waals surface area contributed by atoms with E-state index in [1.807, 2.05) is 59.5 Å². The van der Waals surface area contributed by atoms with Crippen molar-refractivity contribution < 1.29 is 9.53 Å². The van der Waals surface area contributed by atoms with Gasteiger partial charge in [0.2, 0.25) is 5.91 Å². The summed E-state index contributed by atoms with van der Waals surface area (Å²) in [7, 11) is 0. The SMILES string of the molecule is C=CC(=O)N1Cc2cc(OCc3ccccc3)ccc2[C@H](c2ccccc2)C1. The summed E-state index contributed by atoms with van der Waals surface area (Å²) in [6.07, 6.45) is 1.39.